The number of carboxylic acids is 1. The molecule has 87 heavy (non-hydrogen) atoms. The number of benzene rings is 1. The first-order chi connectivity index (χ1) is 41.5. The number of carboxylic acid groups (broad SMARTS) is 1. The van der Waals surface area contributed by atoms with Crippen molar-refractivity contribution in [2.24, 2.45) is 17.3 Å². The lowest BCUT2D eigenvalue weighted by atomic mass is 9.71. The Balaban J connectivity index is 1.19. The summed E-state index contributed by atoms with van der Waals surface area (Å²) in [5, 5.41) is 58.5. The zero-order valence-electron chi connectivity index (χ0n) is 52.2. The van der Waals surface area contributed by atoms with E-state index in [2.05, 4.69) is 5.32 Å². The summed E-state index contributed by atoms with van der Waals surface area (Å²) in [5.74, 6) is -7.19. The molecule has 22 nitrogen and oxygen atoms in total. The molecule has 0 aromatic heterocycles. The molecule has 0 spiro atoms. The predicted octanol–water partition coefficient (Wildman–Crippen LogP) is 5.50. The maximum atomic E-state index is 14.9. The summed E-state index contributed by atoms with van der Waals surface area (Å²) < 4.78 is 80.6. The molecule has 5 heterocycles. The SMILES string of the molecule is C/C=C/C=C/[C@@H]1O[C@](O)(C(CO[C@H]2C[C@H](OC)[C@H](O[C@@H]3C[C@@H](OC)[C@@H](O[C@H]4C[C@H](OC)[C@H](O)[C@H](C)O4)[C@H](C)O3)[C@H](C)O2)C(=O)NC/C=C/C=C(\C)C(OC)C(C)C2CC(O)C(/C=C/C=C/C=C/C(=O)O)O2)[C@H](OC(=O)Cc2ccccc2)[C@H](O)C1(C)C. The molecular formula is C65H95NO21. The minimum absolute atomic E-state index is 0.0572. The van der Waals surface area contributed by atoms with Gasteiger partial charge in [-0.2, -0.15) is 0 Å². The van der Waals surface area contributed by atoms with Crippen LogP contribution in [-0.2, 0) is 82.4 Å². The normalized spacial score (nSPS) is 36.3. The number of nitrogens with one attached hydrogen (secondary N) is 1. The first kappa shape index (κ1) is 71.2. The van der Waals surface area contributed by atoms with Gasteiger partial charge in [-0.15, -0.1) is 0 Å². The Morgan fingerprint density at radius 3 is 1.98 bits per heavy atom. The van der Waals surface area contributed by atoms with Crippen molar-refractivity contribution in [1.29, 1.82) is 0 Å². The summed E-state index contributed by atoms with van der Waals surface area (Å²) in [7, 11) is 6.24. The van der Waals surface area contributed by atoms with Crippen molar-refractivity contribution in [3.8, 4) is 0 Å². The zero-order valence-corrected chi connectivity index (χ0v) is 52.2. The number of rotatable bonds is 28. The second kappa shape index (κ2) is 33.8. The van der Waals surface area contributed by atoms with Crippen LogP contribution in [0.1, 0.15) is 86.6 Å². The van der Waals surface area contributed by atoms with Crippen LogP contribution in [0.5, 0.6) is 0 Å². The fraction of sp³-hybridized carbons (Fsp3) is 0.646. The van der Waals surface area contributed by atoms with Crippen LogP contribution in [0.3, 0.4) is 0 Å². The molecule has 486 valence electrons. The second-order valence-electron chi connectivity index (χ2n) is 23.5. The number of allylic oxidation sites excluding steroid dienone is 9. The monoisotopic (exact) mass is 1230 g/mol. The highest BCUT2D eigenvalue weighted by Crippen LogP contribution is 2.46. The zero-order chi connectivity index (χ0) is 63.6. The lowest BCUT2D eigenvalue weighted by Gasteiger charge is -2.54. The number of hydrogen-bond acceptors (Lipinski definition) is 20. The van der Waals surface area contributed by atoms with E-state index < -0.39 is 152 Å². The van der Waals surface area contributed by atoms with E-state index in [1.807, 2.05) is 33.8 Å². The number of aliphatic hydroxyl groups is 4. The highest BCUT2D eigenvalue weighted by Gasteiger charge is 2.63. The Kier molecular flexibility index (Phi) is 27.7. The molecule has 0 aliphatic carbocycles. The molecule has 5 aliphatic rings. The van der Waals surface area contributed by atoms with Crippen LogP contribution in [0.4, 0.5) is 0 Å². The van der Waals surface area contributed by atoms with Gasteiger partial charge in [0.1, 0.15) is 36.4 Å². The number of aliphatic carboxylic acids is 1. The molecule has 1 amide bonds. The van der Waals surface area contributed by atoms with E-state index in [9.17, 15) is 34.8 Å². The van der Waals surface area contributed by atoms with Crippen LogP contribution in [0.15, 0.2) is 115 Å². The third kappa shape index (κ3) is 19.1. The van der Waals surface area contributed by atoms with E-state index in [0.29, 0.717) is 18.4 Å². The van der Waals surface area contributed by atoms with Crippen molar-refractivity contribution < 1.29 is 101 Å². The predicted molar refractivity (Wildman–Crippen MR) is 318 cm³/mol. The molecule has 22 heteroatoms. The van der Waals surface area contributed by atoms with Crippen molar-refractivity contribution in [2.75, 3.05) is 41.6 Å². The van der Waals surface area contributed by atoms with E-state index in [1.165, 1.54) is 20.3 Å². The maximum Gasteiger partial charge on any atom is 0.328 e. The van der Waals surface area contributed by atoms with Crippen molar-refractivity contribution >= 4 is 17.8 Å². The minimum atomic E-state index is -2.71. The summed E-state index contributed by atoms with van der Waals surface area (Å²) in [5.41, 5.74) is 0.265. The largest absolute Gasteiger partial charge is 0.478 e. The number of carbonyl (C=O) groups excluding carboxylic acids is 2. The smallest absolute Gasteiger partial charge is 0.328 e. The van der Waals surface area contributed by atoms with Crippen LogP contribution in [-0.4, -0.2) is 207 Å². The molecule has 5 aliphatic heterocycles. The van der Waals surface area contributed by atoms with Crippen LogP contribution in [0.25, 0.3) is 0 Å². The molecule has 0 bridgehead atoms. The quantitative estimate of drug-likeness (QED) is 0.0343. The average molecular weight is 1230 g/mol. The Morgan fingerprint density at radius 2 is 1.36 bits per heavy atom. The second-order valence-corrected chi connectivity index (χ2v) is 23.5. The van der Waals surface area contributed by atoms with Crippen molar-refractivity contribution in [1.82, 2.24) is 5.32 Å². The highest BCUT2D eigenvalue weighted by molar-refractivity contribution is 5.81. The van der Waals surface area contributed by atoms with Gasteiger partial charge in [0.25, 0.3) is 0 Å². The average Bonchev–Trinajstić information content (AvgIpc) is 1.73. The molecule has 1 aromatic carbocycles. The maximum absolute atomic E-state index is 14.9. The summed E-state index contributed by atoms with van der Waals surface area (Å²) in [6.07, 6.45) is 7.66. The van der Waals surface area contributed by atoms with Crippen LogP contribution >= 0.6 is 0 Å². The van der Waals surface area contributed by atoms with E-state index >= 15 is 0 Å². The first-order valence-electron chi connectivity index (χ1n) is 30.0. The fourth-order valence-corrected chi connectivity index (χ4v) is 11.8. The van der Waals surface area contributed by atoms with Gasteiger partial charge in [-0.25, -0.2) is 4.79 Å². The van der Waals surface area contributed by atoms with Crippen molar-refractivity contribution in [2.45, 2.75) is 210 Å². The molecule has 5 fully saturated rings. The van der Waals surface area contributed by atoms with Crippen molar-refractivity contribution in [3.05, 3.63) is 120 Å². The third-order valence-corrected chi connectivity index (χ3v) is 16.9. The fourth-order valence-electron chi connectivity index (χ4n) is 11.8. The highest BCUT2D eigenvalue weighted by atomic mass is 16.7. The number of esters is 1. The summed E-state index contributed by atoms with van der Waals surface area (Å²) in [6, 6.07) is 8.84. The molecule has 0 saturated carbocycles. The number of hydrogen-bond donors (Lipinski definition) is 6. The molecule has 22 atom stereocenters. The number of carbonyl (C=O) groups is 3. The van der Waals surface area contributed by atoms with Crippen molar-refractivity contribution in [3.63, 3.8) is 0 Å². The van der Waals surface area contributed by atoms with E-state index in [-0.39, 0.29) is 37.8 Å². The standard InChI is InChI=1S/C65H95NO21/c1-13-14-18-29-51-64(7,8)61(72)62(84-53(70)32-43-26-19-17-20-27-43)65(74,87-51)44(63(73)66-31-24-23-25-38(2)58(78-12)39(3)47-33-45(67)46(83-47)28-21-15-16-22-30-52(68)69)37-79-54-35-49(76-10)59(41(5)81-54)86-56-36-50(77-11)60(42(6)82-56)85-55-34-48(75-9)57(71)40(4)80-55/h13-30,39-42,44-51,54-62,67,71-72,74H,31-37H2,1-12H3,(H,66,73)(H,68,69)/b14-13+,16-15+,24-23+,28-21+,29-18+,30-22+,38-25+/t39?,40-,41-,42-,44?,45?,46?,47?,48-,49-,50+,51-,54+,55-,56+,57+,58?,59+,60-,61-,62+,65+/m0/s1. The Morgan fingerprint density at radius 1 is 0.759 bits per heavy atom. The summed E-state index contributed by atoms with van der Waals surface area (Å²) in [4.78, 5) is 39.5. The van der Waals surface area contributed by atoms with E-state index in [0.717, 1.165) is 11.6 Å². The van der Waals surface area contributed by atoms with Gasteiger partial charge >= 0.3 is 11.9 Å². The Labute approximate surface area is 512 Å². The lowest BCUT2D eigenvalue weighted by molar-refractivity contribution is -0.368. The van der Waals surface area contributed by atoms with Gasteiger partial charge in [-0.05, 0) is 45.8 Å². The van der Waals surface area contributed by atoms with E-state index in [4.69, 9.17) is 66.7 Å². The van der Waals surface area contributed by atoms with Gasteiger partial charge in [0, 0.05) is 78.1 Å². The van der Waals surface area contributed by atoms with Gasteiger partial charge in [0.05, 0.1) is 74.1 Å². The molecule has 0 radical (unpaired) electrons. The van der Waals surface area contributed by atoms with E-state index in [1.54, 1.807) is 133 Å². The molecule has 1 aromatic rings. The molecule has 5 saturated heterocycles. The van der Waals surface area contributed by atoms with Gasteiger partial charge in [-0.3, -0.25) is 9.59 Å². The first-order valence-corrected chi connectivity index (χ1v) is 30.0. The van der Waals surface area contributed by atoms with Crippen LogP contribution in [0, 0.1) is 17.3 Å². The minimum Gasteiger partial charge on any atom is -0.478 e. The van der Waals surface area contributed by atoms with Gasteiger partial charge in [-0.1, -0.05) is 124 Å². The topological polar surface area (TPSA) is 284 Å². The molecular weight excluding hydrogens is 1130 g/mol. The number of ether oxygens (including phenoxy) is 13. The van der Waals surface area contributed by atoms with Crippen LogP contribution in [0.2, 0.25) is 0 Å². The third-order valence-electron chi connectivity index (χ3n) is 16.9. The van der Waals surface area contributed by atoms with Crippen LogP contribution < -0.4 is 5.32 Å². The number of amides is 1. The Hall–Kier alpha value is -4.83. The van der Waals surface area contributed by atoms with Gasteiger partial charge < -0.3 is 92.4 Å². The van der Waals surface area contributed by atoms with Gasteiger partial charge in [0.15, 0.2) is 25.0 Å². The molecule has 6 unspecified atom stereocenters. The number of methoxy groups -OCH3 is 4. The summed E-state index contributed by atoms with van der Waals surface area (Å²) >= 11 is 0. The summed E-state index contributed by atoms with van der Waals surface area (Å²) in [6.45, 7) is 13.9. The molecule has 6 rings (SSSR count). The number of aliphatic hydroxyl groups excluding tert-OH is 3. The van der Waals surface area contributed by atoms with Gasteiger partial charge in [0.2, 0.25) is 11.7 Å². The molecule has 6 N–H and O–H groups in total. The Bertz CT molecular complexity index is 2530. The lowest BCUT2D eigenvalue weighted by Crippen LogP contribution is -2.71.